The molecular formula is C76H66. The molecule has 14 rings (SSSR count). The topological polar surface area (TPSA) is 0 Å². The molecule has 10 aromatic carbocycles. The van der Waals surface area contributed by atoms with Crippen molar-refractivity contribution in [2.45, 2.75) is 103 Å². The molecular weight excluding hydrogens is 913 g/mol. The van der Waals surface area contributed by atoms with Crippen LogP contribution in [0, 0.1) is 0 Å². The lowest BCUT2D eigenvalue weighted by Crippen LogP contribution is -2.23. The lowest BCUT2D eigenvalue weighted by Gasteiger charge is -2.30. The highest BCUT2D eigenvalue weighted by Gasteiger charge is 2.42. The van der Waals surface area contributed by atoms with Gasteiger partial charge in [-0.1, -0.05) is 201 Å². The van der Waals surface area contributed by atoms with Crippen molar-refractivity contribution < 1.29 is 0 Å². The van der Waals surface area contributed by atoms with E-state index >= 15 is 0 Å². The maximum atomic E-state index is 2.55. The van der Waals surface area contributed by atoms with Crippen LogP contribution in [0.15, 0.2) is 206 Å². The van der Waals surface area contributed by atoms with Gasteiger partial charge in [-0.2, -0.15) is 0 Å². The second kappa shape index (κ2) is 16.9. The van der Waals surface area contributed by atoms with Crippen LogP contribution < -0.4 is 0 Å². The zero-order chi connectivity index (χ0) is 51.9. The Morgan fingerprint density at radius 3 is 0.737 bits per heavy atom. The summed E-state index contributed by atoms with van der Waals surface area (Å²) in [6.07, 6.45) is 4.24. The molecule has 0 unspecified atom stereocenters. The normalized spacial score (nSPS) is 15.7. The van der Waals surface area contributed by atoms with E-state index in [1.807, 2.05) is 0 Å². The Hall–Kier alpha value is -7.80. The van der Waals surface area contributed by atoms with Gasteiger partial charge in [0.05, 0.1) is 0 Å². The van der Waals surface area contributed by atoms with Gasteiger partial charge in [0.1, 0.15) is 0 Å². The Morgan fingerprint density at radius 2 is 0.434 bits per heavy atom. The van der Waals surface area contributed by atoms with Crippen LogP contribution in [0.1, 0.15) is 126 Å². The predicted molar refractivity (Wildman–Crippen MR) is 322 cm³/mol. The van der Waals surface area contributed by atoms with Crippen LogP contribution >= 0.6 is 0 Å². The van der Waals surface area contributed by atoms with Crippen LogP contribution in [0.25, 0.3) is 100 Å². The molecule has 10 aromatic rings. The average molecular weight is 979 g/mol. The summed E-state index contributed by atoms with van der Waals surface area (Å²) in [5.41, 5.74) is 34.5. The maximum Gasteiger partial charge on any atom is 0.0210 e. The Bertz CT molecular complexity index is 3780. The molecule has 0 heterocycles. The molecule has 0 spiro atoms. The van der Waals surface area contributed by atoms with E-state index in [4.69, 9.17) is 0 Å². The molecule has 4 aliphatic carbocycles. The van der Waals surface area contributed by atoms with Crippen molar-refractivity contribution in [3.8, 4) is 100 Å². The third-order valence-corrected chi connectivity index (χ3v) is 19.6. The van der Waals surface area contributed by atoms with Gasteiger partial charge < -0.3 is 0 Å². The van der Waals surface area contributed by atoms with Gasteiger partial charge in [0.2, 0.25) is 0 Å². The second-order valence-corrected chi connectivity index (χ2v) is 23.7. The monoisotopic (exact) mass is 979 g/mol. The summed E-state index contributed by atoms with van der Waals surface area (Å²) in [4.78, 5) is 0. The molecule has 370 valence electrons. The molecule has 0 bridgehead atoms. The van der Waals surface area contributed by atoms with Gasteiger partial charge in [-0.05, 0) is 231 Å². The van der Waals surface area contributed by atoms with Crippen molar-refractivity contribution in [1.29, 1.82) is 0 Å². The standard InChI is InChI=1S/C76H66/c1-9-75(10-2)67-27-19-15-23-59(67)63-35-31-49(45-71(63)75)53-37-51(47-29-33-61-57-21-13-17-25-65(57)73(5,6)69(61)43-47)39-55(41-53)56-40-52(48-30-34-62-58-22-14-18-26-66(58)74(7,8)70(62)44-48)38-54(42-56)50-32-36-64-60-24-16-20-28-68(60)76(11-3,12-4)72(64)46-50/h13-46H,9-12H2,1-8H3. The van der Waals surface area contributed by atoms with Gasteiger partial charge in [0, 0.05) is 21.7 Å². The van der Waals surface area contributed by atoms with Crippen LogP contribution in [0.3, 0.4) is 0 Å². The summed E-state index contributed by atoms with van der Waals surface area (Å²) in [5, 5.41) is 0. The molecule has 0 radical (unpaired) electrons. The minimum atomic E-state index is -0.111. The van der Waals surface area contributed by atoms with E-state index in [0.29, 0.717) is 0 Å². The first-order chi connectivity index (χ1) is 36.9. The molecule has 0 aromatic heterocycles. The Morgan fingerprint density at radius 1 is 0.211 bits per heavy atom. The smallest absolute Gasteiger partial charge is 0.0210 e. The summed E-state index contributed by atoms with van der Waals surface area (Å²) < 4.78 is 0. The van der Waals surface area contributed by atoms with E-state index in [1.54, 1.807) is 0 Å². The molecule has 0 fully saturated rings. The quantitative estimate of drug-likeness (QED) is 0.135. The Kier molecular flexibility index (Phi) is 10.4. The molecule has 4 aliphatic rings. The van der Waals surface area contributed by atoms with Crippen LogP contribution in [0.4, 0.5) is 0 Å². The van der Waals surface area contributed by atoms with E-state index in [2.05, 4.69) is 262 Å². The largest absolute Gasteiger partial charge is 0.0642 e. The van der Waals surface area contributed by atoms with E-state index in [0.717, 1.165) is 25.7 Å². The van der Waals surface area contributed by atoms with Crippen LogP contribution in [-0.4, -0.2) is 0 Å². The van der Waals surface area contributed by atoms with Gasteiger partial charge >= 0.3 is 0 Å². The van der Waals surface area contributed by atoms with Crippen molar-refractivity contribution in [2.24, 2.45) is 0 Å². The Balaban J connectivity index is 0.996. The van der Waals surface area contributed by atoms with Crippen LogP contribution in [-0.2, 0) is 21.7 Å². The molecule has 76 heavy (non-hydrogen) atoms. The van der Waals surface area contributed by atoms with Crippen LogP contribution in [0.5, 0.6) is 0 Å². The van der Waals surface area contributed by atoms with Crippen molar-refractivity contribution in [1.82, 2.24) is 0 Å². The number of hydrogen-bond acceptors (Lipinski definition) is 0. The predicted octanol–water partition coefficient (Wildman–Crippen LogP) is 20.8. The van der Waals surface area contributed by atoms with E-state index < -0.39 is 0 Å². The zero-order valence-electron chi connectivity index (χ0n) is 45.5. The van der Waals surface area contributed by atoms with Gasteiger partial charge in [0.15, 0.2) is 0 Å². The summed E-state index contributed by atoms with van der Waals surface area (Å²) >= 11 is 0. The number of fused-ring (bicyclic) bond motifs is 12. The lowest BCUT2D eigenvalue weighted by molar-refractivity contribution is 0.490. The van der Waals surface area contributed by atoms with Crippen LogP contribution in [0.2, 0.25) is 0 Å². The summed E-state index contributed by atoms with van der Waals surface area (Å²) in [7, 11) is 0. The molecule has 0 amide bonds. The third-order valence-electron chi connectivity index (χ3n) is 19.6. The Labute approximate surface area is 451 Å². The maximum absolute atomic E-state index is 2.55. The number of benzene rings is 10. The molecule has 0 N–H and O–H groups in total. The van der Waals surface area contributed by atoms with E-state index in [-0.39, 0.29) is 21.7 Å². The van der Waals surface area contributed by atoms with Crippen molar-refractivity contribution in [2.75, 3.05) is 0 Å². The minimum Gasteiger partial charge on any atom is -0.0642 e. The van der Waals surface area contributed by atoms with Crippen molar-refractivity contribution in [3.63, 3.8) is 0 Å². The van der Waals surface area contributed by atoms with Crippen molar-refractivity contribution in [3.05, 3.63) is 251 Å². The molecule has 0 aliphatic heterocycles. The summed E-state index contributed by atoms with van der Waals surface area (Å²) in [6.45, 7) is 19.1. The van der Waals surface area contributed by atoms with Gasteiger partial charge in [-0.3, -0.25) is 0 Å². The van der Waals surface area contributed by atoms with Gasteiger partial charge in [-0.15, -0.1) is 0 Å². The zero-order valence-corrected chi connectivity index (χ0v) is 45.5. The molecule has 0 saturated heterocycles. The summed E-state index contributed by atoms with van der Waals surface area (Å²) in [6, 6.07) is 80.5. The highest BCUT2D eigenvalue weighted by atomic mass is 14.5. The first-order valence-electron chi connectivity index (χ1n) is 28.2. The fourth-order valence-electron chi connectivity index (χ4n) is 15.3. The summed E-state index contributed by atoms with van der Waals surface area (Å²) in [5.74, 6) is 0. The molecule has 0 saturated carbocycles. The number of rotatable bonds is 9. The first-order valence-corrected chi connectivity index (χ1v) is 28.2. The SMILES string of the molecule is CCC1(CC)c2ccccc2-c2ccc(-c3cc(-c4cc(-c5ccc6c(c5)C(C)(C)c5ccccc5-6)cc(-c5ccc6c(c5)C(CC)(CC)c5ccccc5-6)c4)cc(-c4ccc5c(c4)C(C)(C)c4ccccc4-5)c3)cc21. The third kappa shape index (κ3) is 6.49. The highest BCUT2D eigenvalue weighted by Crippen LogP contribution is 2.57. The molecule has 0 nitrogen and oxygen atoms in total. The lowest BCUT2D eigenvalue weighted by atomic mass is 9.73. The van der Waals surface area contributed by atoms with E-state index in [9.17, 15) is 0 Å². The fourth-order valence-corrected chi connectivity index (χ4v) is 15.3. The highest BCUT2D eigenvalue weighted by molar-refractivity contribution is 5.92. The number of hydrogen-bond donors (Lipinski definition) is 0. The fraction of sp³-hybridized carbons (Fsp3) is 0.211. The molecule has 0 atom stereocenters. The van der Waals surface area contributed by atoms with Gasteiger partial charge in [-0.25, -0.2) is 0 Å². The van der Waals surface area contributed by atoms with Gasteiger partial charge in [0.25, 0.3) is 0 Å². The second-order valence-electron chi connectivity index (χ2n) is 23.7. The minimum absolute atomic E-state index is 0.0255. The first kappa shape index (κ1) is 46.7. The average Bonchev–Trinajstić information content (AvgIpc) is 4.16. The molecule has 0 heteroatoms. The van der Waals surface area contributed by atoms with E-state index in [1.165, 1.54) is 145 Å². The van der Waals surface area contributed by atoms with Crippen molar-refractivity contribution >= 4 is 0 Å².